The standard InChI is InChI=1S/C26H16N2O5/c27-17-29-23-3-1-5-25(15-23)32-21-11-7-19(8-12-21)31-20-9-13-22(14-10-20)33-26-6-2-4-24(16-26)30-18-28/h1-16H. The quantitative estimate of drug-likeness (QED) is 0.281. The van der Waals surface area contributed by atoms with Crippen LogP contribution in [0, 0.1) is 23.0 Å². The first-order valence-electron chi connectivity index (χ1n) is 9.77. The van der Waals surface area contributed by atoms with E-state index in [1.54, 1.807) is 110 Å². The molecule has 0 radical (unpaired) electrons. The van der Waals surface area contributed by atoms with Crippen LogP contribution in [0.5, 0.6) is 46.0 Å². The Kier molecular flexibility index (Phi) is 6.56. The molecule has 0 spiro atoms. The van der Waals surface area contributed by atoms with E-state index in [1.165, 1.54) is 0 Å². The summed E-state index contributed by atoms with van der Waals surface area (Å²) in [4.78, 5) is 0. The molecular formula is C26H16N2O5. The molecule has 4 rings (SSSR count). The highest BCUT2D eigenvalue weighted by atomic mass is 16.5. The van der Waals surface area contributed by atoms with Gasteiger partial charge in [-0.2, -0.15) is 0 Å². The third-order valence-electron chi connectivity index (χ3n) is 4.29. The molecule has 0 amide bonds. The molecule has 0 saturated heterocycles. The van der Waals surface area contributed by atoms with E-state index in [4.69, 9.17) is 34.2 Å². The number of hydrogen-bond donors (Lipinski definition) is 0. The number of rotatable bonds is 8. The van der Waals surface area contributed by atoms with E-state index in [9.17, 15) is 0 Å². The zero-order chi connectivity index (χ0) is 22.9. The highest BCUT2D eigenvalue weighted by Gasteiger charge is 2.04. The highest BCUT2D eigenvalue weighted by Crippen LogP contribution is 2.30. The Labute approximate surface area is 190 Å². The maximum atomic E-state index is 8.61. The van der Waals surface area contributed by atoms with Gasteiger partial charge in [-0.1, -0.05) is 12.1 Å². The van der Waals surface area contributed by atoms with Gasteiger partial charge in [0.25, 0.3) is 12.5 Å². The molecular weight excluding hydrogens is 420 g/mol. The molecule has 0 heterocycles. The molecule has 0 bridgehead atoms. The lowest BCUT2D eigenvalue weighted by molar-refractivity contribution is 0.458. The van der Waals surface area contributed by atoms with E-state index in [0.29, 0.717) is 46.0 Å². The first-order valence-corrected chi connectivity index (χ1v) is 9.77. The van der Waals surface area contributed by atoms with Crippen LogP contribution in [0.1, 0.15) is 0 Å². The van der Waals surface area contributed by atoms with Crippen molar-refractivity contribution in [1.82, 2.24) is 0 Å². The van der Waals surface area contributed by atoms with Crippen molar-refractivity contribution in [2.45, 2.75) is 0 Å². The summed E-state index contributed by atoms with van der Waals surface area (Å²) in [5.74, 6) is 4.42. The predicted molar refractivity (Wildman–Crippen MR) is 118 cm³/mol. The fourth-order valence-electron chi connectivity index (χ4n) is 2.87. The first kappa shape index (κ1) is 21.1. The Hall–Kier alpha value is -5.14. The number of nitriles is 2. The van der Waals surface area contributed by atoms with Crippen molar-refractivity contribution in [2.75, 3.05) is 0 Å². The minimum Gasteiger partial charge on any atom is -0.457 e. The van der Waals surface area contributed by atoms with E-state index in [0.717, 1.165) is 0 Å². The van der Waals surface area contributed by atoms with E-state index < -0.39 is 0 Å². The van der Waals surface area contributed by atoms with Gasteiger partial charge in [0.05, 0.1) is 0 Å². The van der Waals surface area contributed by atoms with Gasteiger partial charge in [-0.3, -0.25) is 0 Å². The Morgan fingerprint density at radius 3 is 1.03 bits per heavy atom. The lowest BCUT2D eigenvalue weighted by atomic mass is 10.3. The number of nitrogens with zero attached hydrogens (tertiary/aromatic N) is 2. The molecule has 0 fully saturated rings. The molecule has 0 unspecified atom stereocenters. The summed E-state index contributed by atoms with van der Waals surface area (Å²) in [5, 5.41) is 17.2. The number of hydrogen-bond acceptors (Lipinski definition) is 7. The van der Waals surface area contributed by atoms with Crippen LogP contribution in [0.4, 0.5) is 0 Å². The van der Waals surface area contributed by atoms with Crippen LogP contribution in [0.3, 0.4) is 0 Å². The fourth-order valence-corrected chi connectivity index (χ4v) is 2.87. The normalized spacial score (nSPS) is 9.76. The molecule has 0 N–H and O–H groups in total. The van der Waals surface area contributed by atoms with Gasteiger partial charge < -0.3 is 23.7 Å². The van der Waals surface area contributed by atoms with E-state index in [-0.39, 0.29) is 0 Å². The van der Waals surface area contributed by atoms with Crippen LogP contribution >= 0.6 is 0 Å². The van der Waals surface area contributed by atoms with Gasteiger partial charge in [-0.25, -0.2) is 0 Å². The van der Waals surface area contributed by atoms with Crippen LogP contribution < -0.4 is 23.7 Å². The van der Waals surface area contributed by atoms with Gasteiger partial charge in [0.15, 0.2) is 0 Å². The maximum absolute atomic E-state index is 8.61. The van der Waals surface area contributed by atoms with Gasteiger partial charge >= 0.3 is 0 Å². The Balaban J connectivity index is 1.35. The molecule has 0 aliphatic heterocycles. The fraction of sp³-hybridized carbons (Fsp3) is 0. The van der Waals surface area contributed by atoms with Crippen LogP contribution in [-0.2, 0) is 0 Å². The molecule has 0 aliphatic carbocycles. The number of ether oxygens (including phenoxy) is 5. The molecule has 4 aromatic rings. The number of benzene rings is 4. The zero-order valence-corrected chi connectivity index (χ0v) is 17.2. The van der Waals surface area contributed by atoms with Gasteiger partial charge in [0.2, 0.25) is 0 Å². The third-order valence-corrected chi connectivity index (χ3v) is 4.29. The van der Waals surface area contributed by atoms with Gasteiger partial charge in [0, 0.05) is 12.1 Å². The Morgan fingerprint density at radius 2 is 0.697 bits per heavy atom. The van der Waals surface area contributed by atoms with Crippen LogP contribution in [0.2, 0.25) is 0 Å². The van der Waals surface area contributed by atoms with Crippen molar-refractivity contribution in [2.24, 2.45) is 0 Å². The smallest absolute Gasteiger partial charge is 0.292 e. The monoisotopic (exact) mass is 436 g/mol. The van der Waals surface area contributed by atoms with Crippen LogP contribution in [0.25, 0.3) is 0 Å². The van der Waals surface area contributed by atoms with Crippen LogP contribution in [-0.4, -0.2) is 0 Å². The molecule has 0 aromatic heterocycles. The second kappa shape index (κ2) is 10.3. The lowest BCUT2D eigenvalue weighted by Crippen LogP contribution is -1.88. The average Bonchev–Trinajstić information content (AvgIpc) is 2.83. The lowest BCUT2D eigenvalue weighted by Gasteiger charge is -2.10. The Morgan fingerprint density at radius 1 is 0.394 bits per heavy atom. The molecule has 160 valence electrons. The van der Waals surface area contributed by atoms with E-state index in [2.05, 4.69) is 0 Å². The minimum absolute atomic E-state index is 0.408. The van der Waals surface area contributed by atoms with Crippen molar-refractivity contribution >= 4 is 0 Å². The van der Waals surface area contributed by atoms with Crippen molar-refractivity contribution in [3.05, 3.63) is 97.1 Å². The summed E-state index contributed by atoms with van der Waals surface area (Å²) in [7, 11) is 0. The summed E-state index contributed by atoms with van der Waals surface area (Å²) in [6.45, 7) is 0. The summed E-state index contributed by atoms with van der Waals surface area (Å²) in [6, 6.07) is 27.9. The molecule has 7 heteroatoms. The molecule has 0 saturated carbocycles. The molecule has 33 heavy (non-hydrogen) atoms. The molecule has 0 aliphatic rings. The van der Waals surface area contributed by atoms with Crippen molar-refractivity contribution in [3.8, 4) is 58.5 Å². The minimum atomic E-state index is 0.408. The van der Waals surface area contributed by atoms with Crippen molar-refractivity contribution in [3.63, 3.8) is 0 Å². The largest absolute Gasteiger partial charge is 0.457 e. The van der Waals surface area contributed by atoms with Gasteiger partial charge in [-0.05, 0) is 72.8 Å². The van der Waals surface area contributed by atoms with Crippen molar-refractivity contribution in [1.29, 1.82) is 10.5 Å². The van der Waals surface area contributed by atoms with Gasteiger partial charge in [0.1, 0.15) is 46.0 Å². The maximum Gasteiger partial charge on any atom is 0.292 e. The molecule has 0 atom stereocenters. The molecule has 4 aromatic carbocycles. The SMILES string of the molecule is N#COc1cccc(Oc2ccc(Oc3ccc(Oc4cccc(OC#N)c4)cc3)cc2)c1. The highest BCUT2D eigenvalue weighted by molar-refractivity contribution is 5.42. The van der Waals surface area contributed by atoms with E-state index >= 15 is 0 Å². The topological polar surface area (TPSA) is 93.7 Å². The Bertz CT molecular complexity index is 1200. The summed E-state index contributed by atoms with van der Waals surface area (Å²) >= 11 is 0. The summed E-state index contributed by atoms with van der Waals surface area (Å²) in [6.07, 6.45) is 3.26. The summed E-state index contributed by atoms with van der Waals surface area (Å²) < 4.78 is 27.0. The van der Waals surface area contributed by atoms with E-state index in [1.807, 2.05) is 0 Å². The summed E-state index contributed by atoms with van der Waals surface area (Å²) in [5.41, 5.74) is 0. The predicted octanol–water partition coefficient (Wildman–Crippen LogP) is 6.78. The average molecular weight is 436 g/mol. The van der Waals surface area contributed by atoms with Crippen molar-refractivity contribution < 1.29 is 23.7 Å². The zero-order valence-electron chi connectivity index (χ0n) is 17.2. The van der Waals surface area contributed by atoms with Gasteiger partial charge in [-0.15, -0.1) is 10.5 Å². The second-order valence-electron chi connectivity index (χ2n) is 6.59. The van der Waals surface area contributed by atoms with Crippen LogP contribution in [0.15, 0.2) is 97.1 Å². The molecule has 7 nitrogen and oxygen atoms in total. The second-order valence-corrected chi connectivity index (χ2v) is 6.59. The first-order chi connectivity index (χ1) is 16.2. The third kappa shape index (κ3) is 5.94.